The SMILES string of the molecule is CCOCCN(CC)C1(CN)CCN2CCCC21. The summed E-state index contributed by atoms with van der Waals surface area (Å²) in [6.45, 7) is 11.3. The number of ether oxygens (including phenoxy) is 1. The van der Waals surface area contributed by atoms with Crippen LogP contribution in [0.5, 0.6) is 0 Å². The highest BCUT2D eigenvalue weighted by molar-refractivity contribution is 5.09. The molecule has 2 heterocycles. The third-order valence-corrected chi connectivity index (χ3v) is 4.89. The monoisotopic (exact) mass is 255 g/mol. The minimum Gasteiger partial charge on any atom is -0.380 e. The smallest absolute Gasteiger partial charge is 0.0593 e. The van der Waals surface area contributed by atoms with Gasteiger partial charge in [0, 0.05) is 37.8 Å². The van der Waals surface area contributed by atoms with Crippen molar-refractivity contribution in [2.45, 2.75) is 44.7 Å². The van der Waals surface area contributed by atoms with E-state index in [9.17, 15) is 0 Å². The molecule has 4 nitrogen and oxygen atoms in total. The van der Waals surface area contributed by atoms with Crippen molar-refractivity contribution in [3.63, 3.8) is 0 Å². The van der Waals surface area contributed by atoms with E-state index >= 15 is 0 Å². The maximum Gasteiger partial charge on any atom is 0.0593 e. The van der Waals surface area contributed by atoms with Crippen LogP contribution in [0, 0.1) is 0 Å². The molecule has 0 aromatic carbocycles. The summed E-state index contributed by atoms with van der Waals surface area (Å²) in [7, 11) is 0. The Morgan fingerprint density at radius 2 is 2.22 bits per heavy atom. The maximum atomic E-state index is 6.20. The Morgan fingerprint density at radius 3 is 2.89 bits per heavy atom. The van der Waals surface area contributed by atoms with Gasteiger partial charge in [-0.3, -0.25) is 9.80 Å². The molecular formula is C14H29N3O. The third-order valence-electron chi connectivity index (χ3n) is 4.89. The lowest BCUT2D eigenvalue weighted by molar-refractivity contribution is 0.0354. The van der Waals surface area contributed by atoms with E-state index in [4.69, 9.17) is 10.5 Å². The van der Waals surface area contributed by atoms with Gasteiger partial charge in [0.25, 0.3) is 0 Å². The zero-order valence-corrected chi connectivity index (χ0v) is 12.0. The van der Waals surface area contributed by atoms with Crippen LogP contribution >= 0.6 is 0 Å². The average molecular weight is 255 g/mol. The summed E-state index contributed by atoms with van der Waals surface area (Å²) in [6.07, 6.45) is 3.89. The molecule has 0 aliphatic carbocycles. The van der Waals surface area contributed by atoms with Crippen LogP contribution in [0.3, 0.4) is 0 Å². The second-order valence-electron chi connectivity index (χ2n) is 5.53. The minimum atomic E-state index is 0.211. The van der Waals surface area contributed by atoms with Crippen LogP contribution in [-0.2, 0) is 4.74 Å². The lowest BCUT2D eigenvalue weighted by Crippen LogP contribution is -2.60. The molecule has 0 spiro atoms. The Morgan fingerprint density at radius 1 is 1.39 bits per heavy atom. The van der Waals surface area contributed by atoms with Gasteiger partial charge in [0.1, 0.15) is 0 Å². The fourth-order valence-electron chi connectivity index (χ4n) is 3.96. The highest BCUT2D eigenvalue weighted by atomic mass is 16.5. The van der Waals surface area contributed by atoms with Gasteiger partial charge in [0.2, 0.25) is 0 Å². The van der Waals surface area contributed by atoms with Crippen LogP contribution < -0.4 is 5.73 Å². The Kier molecular flexibility index (Phi) is 5.01. The first-order valence-corrected chi connectivity index (χ1v) is 7.55. The molecule has 2 saturated heterocycles. The molecule has 4 heteroatoms. The van der Waals surface area contributed by atoms with Gasteiger partial charge < -0.3 is 10.5 Å². The van der Waals surface area contributed by atoms with Crippen molar-refractivity contribution < 1.29 is 4.74 Å². The van der Waals surface area contributed by atoms with E-state index in [1.165, 1.54) is 32.4 Å². The first-order chi connectivity index (χ1) is 8.78. The Bertz CT molecular complexity index is 261. The molecule has 2 aliphatic heterocycles. The van der Waals surface area contributed by atoms with E-state index in [1.807, 2.05) is 0 Å². The summed E-state index contributed by atoms with van der Waals surface area (Å²) in [6, 6.07) is 0.684. The molecule has 2 fully saturated rings. The van der Waals surface area contributed by atoms with Gasteiger partial charge in [0.15, 0.2) is 0 Å². The van der Waals surface area contributed by atoms with Gasteiger partial charge in [-0.2, -0.15) is 0 Å². The number of rotatable bonds is 7. The molecule has 2 atom stereocenters. The van der Waals surface area contributed by atoms with E-state index in [0.717, 1.165) is 32.8 Å². The molecular weight excluding hydrogens is 226 g/mol. The molecule has 0 saturated carbocycles. The molecule has 0 aromatic heterocycles. The van der Waals surface area contributed by atoms with Gasteiger partial charge in [-0.15, -0.1) is 0 Å². The Balaban J connectivity index is 2.04. The van der Waals surface area contributed by atoms with Crippen molar-refractivity contribution in [2.24, 2.45) is 5.73 Å². The normalized spacial score (nSPS) is 32.3. The van der Waals surface area contributed by atoms with E-state index in [2.05, 4.69) is 23.6 Å². The van der Waals surface area contributed by atoms with E-state index in [-0.39, 0.29) is 5.54 Å². The molecule has 0 radical (unpaired) electrons. The van der Waals surface area contributed by atoms with Crippen molar-refractivity contribution in [3.05, 3.63) is 0 Å². The van der Waals surface area contributed by atoms with Crippen molar-refractivity contribution in [1.29, 1.82) is 0 Å². The second-order valence-corrected chi connectivity index (χ2v) is 5.53. The number of hydrogen-bond donors (Lipinski definition) is 1. The van der Waals surface area contributed by atoms with E-state index in [0.29, 0.717) is 6.04 Å². The zero-order chi connectivity index (χ0) is 13.0. The van der Waals surface area contributed by atoms with Crippen LogP contribution in [0.25, 0.3) is 0 Å². The van der Waals surface area contributed by atoms with Crippen LogP contribution in [0.15, 0.2) is 0 Å². The quantitative estimate of drug-likeness (QED) is 0.687. The average Bonchev–Trinajstić information content (AvgIpc) is 2.97. The number of nitrogens with zero attached hydrogens (tertiary/aromatic N) is 2. The molecule has 106 valence electrons. The molecule has 2 aliphatic rings. The predicted molar refractivity (Wildman–Crippen MR) is 74.7 cm³/mol. The zero-order valence-electron chi connectivity index (χ0n) is 12.0. The largest absolute Gasteiger partial charge is 0.380 e. The predicted octanol–water partition coefficient (Wildman–Crippen LogP) is 0.910. The lowest BCUT2D eigenvalue weighted by atomic mass is 9.86. The fourth-order valence-corrected chi connectivity index (χ4v) is 3.96. The van der Waals surface area contributed by atoms with Crippen LogP contribution in [-0.4, -0.2) is 67.3 Å². The van der Waals surface area contributed by atoms with Crippen molar-refractivity contribution >= 4 is 0 Å². The van der Waals surface area contributed by atoms with Crippen molar-refractivity contribution in [2.75, 3.05) is 45.9 Å². The van der Waals surface area contributed by atoms with E-state index < -0.39 is 0 Å². The Hall–Kier alpha value is -0.160. The molecule has 2 rings (SSSR count). The third kappa shape index (κ3) is 2.44. The molecule has 2 unspecified atom stereocenters. The summed E-state index contributed by atoms with van der Waals surface area (Å²) >= 11 is 0. The van der Waals surface area contributed by atoms with Gasteiger partial charge in [-0.05, 0) is 39.3 Å². The first kappa shape index (κ1) is 14.3. The molecule has 0 amide bonds. The number of fused-ring (bicyclic) bond motifs is 1. The van der Waals surface area contributed by atoms with Crippen molar-refractivity contribution in [1.82, 2.24) is 9.80 Å². The van der Waals surface area contributed by atoms with Gasteiger partial charge in [0.05, 0.1) is 6.61 Å². The number of likely N-dealkylation sites (N-methyl/N-ethyl adjacent to an activating group) is 1. The fraction of sp³-hybridized carbons (Fsp3) is 1.00. The highest BCUT2D eigenvalue weighted by Gasteiger charge is 2.50. The lowest BCUT2D eigenvalue weighted by Gasteiger charge is -2.44. The summed E-state index contributed by atoms with van der Waals surface area (Å²) in [4.78, 5) is 5.23. The first-order valence-electron chi connectivity index (χ1n) is 7.55. The molecule has 0 aromatic rings. The molecule has 2 N–H and O–H groups in total. The summed E-state index contributed by atoms with van der Waals surface area (Å²) in [5.74, 6) is 0. The highest BCUT2D eigenvalue weighted by Crippen LogP contribution is 2.39. The summed E-state index contributed by atoms with van der Waals surface area (Å²) in [5, 5.41) is 0. The number of nitrogens with two attached hydrogens (primary N) is 1. The van der Waals surface area contributed by atoms with E-state index in [1.54, 1.807) is 0 Å². The van der Waals surface area contributed by atoms with Gasteiger partial charge in [-0.25, -0.2) is 0 Å². The molecule has 0 bridgehead atoms. The molecule has 18 heavy (non-hydrogen) atoms. The van der Waals surface area contributed by atoms with Gasteiger partial charge >= 0.3 is 0 Å². The van der Waals surface area contributed by atoms with Crippen molar-refractivity contribution in [3.8, 4) is 0 Å². The summed E-state index contributed by atoms with van der Waals surface area (Å²) in [5.41, 5.74) is 6.41. The van der Waals surface area contributed by atoms with Gasteiger partial charge in [-0.1, -0.05) is 6.92 Å². The van der Waals surface area contributed by atoms with Crippen LogP contribution in [0.4, 0.5) is 0 Å². The van der Waals surface area contributed by atoms with Crippen LogP contribution in [0.2, 0.25) is 0 Å². The Labute approximate surface area is 111 Å². The van der Waals surface area contributed by atoms with Crippen LogP contribution in [0.1, 0.15) is 33.1 Å². The minimum absolute atomic E-state index is 0.211. The topological polar surface area (TPSA) is 41.7 Å². The standard InChI is InChI=1S/C14H29N3O/c1-3-17(10-11-18-4-2)14(12-15)7-9-16-8-5-6-13(14)16/h13H,3-12,15H2,1-2H3. The summed E-state index contributed by atoms with van der Waals surface area (Å²) < 4.78 is 5.53. The maximum absolute atomic E-state index is 6.20. The number of hydrogen-bond acceptors (Lipinski definition) is 4. The second kappa shape index (κ2) is 6.33.